The lowest BCUT2D eigenvalue weighted by Gasteiger charge is -2.13. The Balaban J connectivity index is 2.35. The van der Waals surface area contributed by atoms with E-state index in [1.165, 1.54) is 0 Å². The van der Waals surface area contributed by atoms with Crippen LogP contribution < -0.4 is 10.6 Å². The van der Waals surface area contributed by atoms with Crippen LogP contribution in [0.15, 0.2) is 30.6 Å². The molecule has 1 heterocycles. The Hall–Kier alpha value is -1.88. The van der Waals surface area contributed by atoms with E-state index >= 15 is 0 Å². The fourth-order valence-electron chi connectivity index (χ4n) is 1.53. The molecule has 0 saturated carbocycles. The summed E-state index contributed by atoms with van der Waals surface area (Å²) in [5.74, 6) is 0.762. The fraction of sp³-hybridized carbons (Fsp3) is 0.273. The summed E-state index contributed by atoms with van der Waals surface area (Å²) in [7, 11) is 4.03. The quantitative estimate of drug-likeness (QED) is 0.825. The van der Waals surface area contributed by atoms with Crippen LogP contribution in [0.1, 0.15) is 5.82 Å². The van der Waals surface area contributed by atoms with Gasteiger partial charge in [-0.1, -0.05) is 0 Å². The molecule has 0 saturated heterocycles. The summed E-state index contributed by atoms with van der Waals surface area (Å²) in [6.07, 6.45) is 1.67. The molecule has 0 amide bonds. The Labute approximate surface area is 94.5 Å². The lowest BCUT2D eigenvalue weighted by molar-refractivity contribution is 0.859. The molecule has 5 heteroatoms. The van der Waals surface area contributed by atoms with Gasteiger partial charge in [0.2, 0.25) is 0 Å². The SMILES string of the molecule is CN(C)c1ccc(-n2cnnc2CN)cc1. The monoisotopic (exact) mass is 217 g/mol. The van der Waals surface area contributed by atoms with Gasteiger partial charge < -0.3 is 10.6 Å². The molecule has 1 aromatic carbocycles. The molecule has 2 N–H and O–H groups in total. The van der Waals surface area contributed by atoms with Gasteiger partial charge in [0.05, 0.1) is 6.54 Å². The van der Waals surface area contributed by atoms with Crippen LogP contribution in [0.3, 0.4) is 0 Å². The highest BCUT2D eigenvalue weighted by molar-refractivity contribution is 5.49. The maximum Gasteiger partial charge on any atom is 0.151 e. The Morgan fingerprint density at radius 3 is 2.50 bits per heavy atom. The fourth-order valence-corrected chi connectivity index (χ4v) is 1.53. The van der Waals surface area contributed by atoms with Gasteiger partial charge in [-0.25, -0.2) is 0 Å². The summed E-state index contributed by atoms with van der Waals surface area (Å²) in [4.78, 5) is 2.06. The summed E-state index contributed by atoms with van der Waals surface area (Å²) >= 11 is 0. The Bertz CT molecular complexity index is 457. The summed E-state index contributed by atoms with van der Waals surface area (Å²) in [6, 6.07) is 8.15. The van der Waals surface area contributed by atoms with Gasteiger partial charge in [-0.15, -0.1) is 10.2 Å². The van der Waals surface area contributed by atoms with Crippen molar-refractivity contribution in [3.05, 3.63) is 36.4 Å². The Kier molecular flexibility index (Phi) is 2.87. The van der Waals surface area contributed by atoms with Gasteiger partial charge >= 0.3 is 0 Å². The van der Waals surface area contributed by atoms with Gasteiger partial charge in [0, 0.05) is 25.5 Å². The normalized spacial score (nSPS) is 10.4. The largest absolute Gasteiger partial charge is 0.378 e. The van der Waals surface area contributed by atoms with E-state index in [4.69, 9.17) is 5.73 Å². The van der Waals surface area contributed by atoms with Crippen LogP contribution in [0.5, 0.6) is 0 Å². The summed E-state index contributed by atoms with van der Waals surface area (Å²) in [5.41, 5.74) is 7.76. The second-order valence-corrected chi connectivity index (χ2v) is 3.73. The molecule has 0 aliphatic carbocycles. The molecule has 84 valence electrons. The smallest absolute Gasteiger partial charge is 0.151 e. The average Bonchev–Trinajstić information content (AvgIpc) is 2.77. The lowest BCUT2D eigenvalue weighted by Crippen LogP contribution is -2.09. The molecule has 0 bridgehead atoms. The standard InChI is InChI=1S/C11H15N5/c1-15(2)9-3-5-10(6-4-9)16-8-13-14-11(16)7-12/h3-6,8H,7,12H2,1-2H3. The Morgan fingerprint density at radius 2 is 1.94 bits per heavy atom. The van der Waals surface area contributed by atoms with Crippen molar-refractivity contribution >= 4 is 5.69 Å². The van der Waals surface area contributed by atoms with E-state index in [9.17, 15) is 0 Å². The van der Waals surface area contributed by atoms with Crippen LogP contribution in [0.4, 0.5) is 5.69 Å². The molecule has 16 heavy (non-hydrogen) atoms. The van der Waals surface area contributed by atoms with Crippen molar-refractivity contribution in [2.24, 2.45) is 5.73 Å². The lowest BCUT2D eigenvalue weighted by atomic mass is 10.2. The van der Waals surface area contributed by atoms with Crippen molar-refractivity contribution in [2.45, 2.75) is 6.54 Å². The summed E-state index contributed by atoms with van der Waals surface area (Å²) < 4.78 is 1.89. The predicted octanol–water partition coefficient (Wildman–Crippen LogP) is 0.792. The molecule has 0 fully saturated rings. The van der Waals surface area contributed by atoms with Crippen LogP contribution in [-0.4, -0.2) is 28.9 Å². The molecule has 0 spiro atoms. The maximum absolute atomic E-state index is 5.58. The zero-order chi connectivity index (χ0) is 11.5. The van der Waals surface area contributed by atoms with E-state index in [-0.39, 0.29) is 0 Å². The number of aromatic nitrogens is 3. The third-order valence-corrected chi connectivity index (χ3v) is 2.45. The van der Waals surface area contributed by atoms with Gasteiger partial charge in [-0.3, -0.25) is 4.57 Å². The van der Waals surface area contributed by atoms with Crippen LogP contribution >= 0.6 is 0 Å². The molecule has 0 atom stereocenters. The Morgan fingerprint density at radius 1 is 1.25 bits per heavy atom. The van der Waals surface area contributed by atoms with E-state index in [0.717, 1.165) is 17.2 Å². The van der Waals surface area contributed by atoms with Gasteiger partial charge in [0.1, 0.15) is 6.33 Å². The highest BCUT2D eigenvalue weighted by Gasteiger charge is 2.04. The minimum Gasteiger partial charge on any atom is -0.378 e. The van der Waals surface area contributed by atoms with Crippen molar-refractivity contribution < 1.29 is 0 Å². The number of hydrogen-bond acceptors (Lipinski definition) is 4. The number of hydrogen-bond donors (Lipinski definition) is 1. The number of benzene rings is 1. The summed E-state index contributed by atoms with van der Waals surface area (Å²) in [5, 5.41) is 7.80. The van der Waals surface area contributed by atoms with E-state index in [2.05, 4.69) is 27.2 Å². The second kappa shape index (κ2) is 4.32. The number of rotatable bonds is 3. The first-order valence-electron chi connectivity index (χ1n) is 5.09. The van der Waals surface area contributed by atoms with Crippen LogP contribution in [-0.2, 0) is 6.54 Å². The van der Waals surface area contributed by atoms with Gasteiger partial charge in [-0.05, 0) is 24.3 Å². The average molecular weight is 217 g/mol. The van der Waals surface area contributed by atoms with Crippen molar-refractivity contribution in [1.82, 2.24) is 14.8 Å². The minimum atomic E-state index is 0.384. The van der Waals surface area contributed by atoms with Crippen LogP contribution in [0, 0.1) is 0 Å². The number of anilines is 1. The molecule has 0 aliphatic rings. The topological polar surface area (TPSA) is 60.0 Å². The first-order valence-corrected chi connectivity index (χ1v) is 5.09. The maximum atomic E-state index is 5.58. The van der Waals surface area contributed by atoms with Gasteiger partial charge in [0.25, 0.3) is 0 Å². The zero-order valence-electron chi connectivity index (χ0n) is 9.46. The number of nitrogens with zero attached hydrogens (tertiary/aromatic N) is 4. The van der Waals surface area contributed by atoms with Gasteiger partial charge in [-0.2, -0.15) is 0 Å². The second-order valence-electron chi connectivity index (χ2n) is 3.73. The highest BCUT2D eigenvalue weighted by Crippen LogP contribution is 2.15. The zero-order valence-corrected chi connectivity index (χ0v) is 9.46. The predicted molar refractivity (Wildman–Crippen MR) is 63.6 cm³/mol. The van der Waals surface area contributed by atoms with Gasteiger partial charge in [0.15, 0.2) is 5.82 Å². The molecule has 2 aromatic rings. The van der Waals surface area contributed by atoms with E-state index in [1.54, 1.807) is 6.33 Å². The van der Waals surface area contributed by atoms with Crippen LogP contribution in [0.25, 0.3) is 5.69 Å². The third-order valence-electron chi connectivity index (χ3n) is 2.45. The molecular weight excluding hydrogens is 202 g/mol. The van der Waals surface area contributed by atoms with E-state index in [0.29, 0.717) is 6.54 Å². The molecule has 0 radical (unpaired) electrons. The molecule has 5 nitrogen and oxygen atoms in total. The van der Waals surface area contributed by atoms with Crippen LogP contribution in [0.2, 0.25) is 0 Å². The van der Waals surface area contributed by atoms with E-state index < -0.39 is 0 Å². The molecule has 0 unspecified atom stereocenters. The van der Waals surface area contributed by atoms with Crippen molar-refractivity contribution in [3.63, 3.8) is 0 Å². The molecule has 1 aromatic heterocycles. The first-order chi connectivity index (χ1) is 7.72. The molecule has 0 aliphatic heterocycles. The summed E-state index contributed by atoms with van der Waals surface area (Å²) in [6.45, 7) is 0.384. The highest BCUT2D eigenvalue weighted by atomic mass is 15.3. The number of nitrogens with two attached hydrogens (primary N) is 1. The van der Waals surface area contributed by atoms with E-state index in [1.807, 2.05) is 30.8 Å². The minimum absolute atomic E-state index is 0.384. The van der Waals surface area contributed by atoms with Crippen molar-refractivity contribution in [2.75, 3.05) is 19.0 Å². The van der Waals surface area contributed by atoms with Crippen molar-refractivity contribution in [1.29, 1.82) is 0 Å². The third kappa shape index (κ3) is 1.90. The first kappa shape index (κ1) is 10.6. The molecular formula is C11H15N5. The molecule has 2 rings (SSSR count). The van der Waals surface area contributed by atoms with Crippen molar-refractivity contribution in [3.8, 4) is 5.69 Å².